The molecule has 2 heterocycles. The maximum atomic E-state index is 5.37. The van der Waals surface area contributed by atoms with Gasteiger partial charge in [0.2, 0.25) is 0 Å². The summed E-state index contributed by atoms with van der Waals surface area (Å²) in [6.07, 6.45) is 0. The standard InChI is InChI=1S/C53H38B4N4/c54-47-45(36-25-23-33-28-35(24-22-34(33)29-36)40-20-11-15-31-12-7-8-18-39(31)40)48(55)50(57)49(56)46(47)53-59-51(32-13-3-1-4-14-32)58-52(60-53)37-26-27-42-41-19-9-10-21-43(41)61(44(42)30-37)38-16-5-2-6-17-38/h1-30H,54-57H2. The lowest BCUT2D eigenvalue weighted by Gasteiger charge is -2.22. The zero-order valence-corrected chi connectivity index (χ0v) is 34.6. The Hall–Kier alpha value is -7.43. The number of rotatable bonds is 6. The minimum absolute atomic E-state index is 0.641. The molecule has 0 atom stereocenters. The Morgan fingerprint density at radius 1 is 0.328 bits per heavy atom. The van der Waals surface area contributed by atoms with Gasteiger partial charge in [0.1, 0.15) is 31.4 Å². The van der Waals surface area contributed by atoms with Crippen molar-refractivity contribution in [3.63, 3.8) is 0 Å². The van der Waals surface area contributed by atoms with Crippen LogP contribution in [0.25, 0.3) is 105 Å². The van der Waals surface area contributed by atoms with E-state index in [1.54, 1.807) is 0 Å². The molecule has 0 aliphatic rings. The van der Waals surface area contributed by atoms with E-state index in [2.05, 4.69) is 200 Å². The lowest BCUT2D eigenvalue weighted by atomic mass is 9.63. The zero-order valence-electron chi connectivity index (χ0n) is 34.6. The quantitative estimate of drug-likeness (QED) is 0.178. The normalized spacial score (nSPS) is 11.5. The molecule has 11 rings (SSSR count). The average Bonchev–Trinajstić information content (AvgIpc) is 3.65. The largest absolute Gasteiger partial charge is 0.309 e. The Morgan fingerprint density at radius 2 is 0.902 bits per heavy atom. The molecule has 9 aromatic carbocycles. The average molecular weight is 774 g/mol. The molecule has 0 saturated heterocycles. The lowest BCUT2D eigenvalue weighted by Crippen LogP contribution is -2.46. The third-order valence-corrected chi connectivity index (χ3v) is 12.7. The fourth-order valence-electron chi connectivity index (χ4n) is 9.46. The van der Waals surface area contributed by atoms with Crippen molar-refractivity contribution in [2.24, 2.45) is 0 Å². The number of hydrogen-bond acceptors (Lipinski definition) is 3. The first-order chi connectivity index (χ1) is 29.9. The van der Waals surface area contributed by atoms with Gasteiger partial charge in [0.05, 0.1) is 11.0 Å². The second-order valence-corrected chi connectivity index (χ2v) is 16.1. The highest BCUT2D eigenvalue weighted by Crippen LogP contribution is 2.36. The van der Waals surface area contributed by atoms with Crippen LogP contribution in [0, 0.1) is 0 Å². The van der Waals surface area contributed by atoms with E-state index < -0.39 is 0 Å². The molecule has 0 fully saturated rings. The van der Waals surface area contributed by atoms with Crippen molar-refractivity contribution in [3.05, 3.63) is 182 Å². The molecule has 0 radical (unpaired) electrons. The predicted octanol–water partition coefficient (Wildman–Crippen LogP) is 6.64. The van der Waals surface area contributed by atoms with Crippen molar-refractivity contribution in [2.75, 3.05) is 0 Å². The van der Waals surface area contributed by atoms with Crippen LogP contribution in [0.1, 0.15) is 0 Å². The van der Waals surface area contributed by atoms with Crippen molar-refractivity contribution >= 4 is 96.6 Å². The van der Waals surface area contributed by atoms with Crippen LogP contribution in [0.4, 0.5) is 0 Å². The fourth-order valence-corrected chi connectivity index (χ4v) is 9.46. The van der Waals surface area contributed by atoms with Crippen LogP contribution in [-0.4, -0.2) is 50.9 Å². The summed E-state index contributed by atoms with van der Waals surface area (Å²) < 4.78 is 2.34. The fraction of sp³-hybridized carbons (Fsp3) is 0. The highest BCUT2D eigenvalue weighted by Gasteiger charge is 2.22. The molecular formula is C53H38B4N4. The van der Waals surface area contributed by atoms with E-state index in [4.69, 9.17) is 15.0 Å². The number of nitrogens with zero attached hydrogens (tertiary/aromatic N) is 4. The number of para-hydroxylation sites is 2. The van der Waals surface area contributed by atoms with Gasteiger partial charge in [-0.05, 0) is 80.2 Å². The molecule has 0 N–H and O–H groups in total. The van der Waals surface area contributed by atoms with Gasteiger partial charge in [0.15, 0.2) is 17.5 Å². The van der Waals surface area contributed by atoms with Crippen LogP contribution in [0.3, 0.4) is 0 Å². The SMILES string of the molecule is Bc1c(B)c(-c2ccc3cc(-c4cccc5ccccc45)ccc3c2)c(B)c(-c2nc(-c3ccccc3)nc(-c3ccc4c5ccccc5n(-c5ccccc5)c4c3)n2)c1B. The van der Waals surface area contributed by atoms with Gasteiger partial charge < -0.3 is 4.57 Å². The molecule has 11 aromatic rings. The second kappa shape index (κ2) is 14.7. The minimum Gasteiger partial charge on any atom is -0.309 e. The number of benzene rings is 9. The van der Waals surface area contributed by atoms with E-state index in [-0.39, 0.29) is 0 Å². The van der Waals surface area contributed by atoms with E-state index in [0.717, 1.165) is 38.9 Å². The van der Waals surface area contributed by atoms with Crippen molar-refractivity contribution in [2.45, 2.75) is 0 Å². The summed E-state index contributed by atoms with van der Waals surface area (Å²) in [5.74, 6) is 1.96. The predicted molar refractivity (Wildman–Crippen MR) is 269 cm³/mol. The summed E-state index contributed by atoms with van der Waals surface area (Å²) in [4.78, 5) is 15.8. The van der Waals surface area contributed by atoms with Crippen molar-refractivity contribution in [1.82, 2.24) is 19.5 Å². The Morgan fingerprint density at radius 3 is 1.69 bits per heavy atom. The maximum absolute atomic E-state index is 5.37. The molecule has 8 heteroatoms. The first-order valence-electron chi connectivity index (χ1n) is 20.9. The van der Waals surface area contributed by atoms with Gasteiger partial charge in [0, 0.05) is 33.2 Å². The van der Waals surface area contributed by atoms with Gasteiger partial charge in [-0.1, -0.05) is 162 Å². The van der Waals surface area contributed by atoms with Crippen LogP contribution in [-0.2, 0) is 0 Å². The van der Waals surface area contributed by atoms with Gasteiger partial charge in [-0.2, -0.15) is 0 Å². The van der Waals surface area contributed by atoms with E-state index in [0.29, 0.717) is 17.5 Å². The molecule has 0 aliphatic heterocycles. The molecule has 282 valence electrons. The molecule has 61 heavy (non-hydrogen) atoms. The highest BCUT2D eigenvalue weighted by molar-refractivity contribution is 6.63. The van der Waals surface area contributed by atoms with E-state index in [9.17, 15) is 0 Å². The van der Waals surface area contributed by atoms with E-state index in [1.165, 1.54) is 71.0 Å². The summed E-state index contributed by atoms with van der Waals surface area (Å²) >= 11 is 0. The Balaban J connectivity index is 1.07. The summed E-state index contributed by atoms with van der Waals surface area (Å²) in [6, 6.07) is 64.9. The molecule has 0 aliphatic carbocycles. The topological polar surface area (TPSA) is 43.6 Å². The summed E-state index contributed by atoms with van der Waals surface area (Å²) in [5, 5.41) is 7.33. The molecule has 0 unspecified atom stereocenters. The van der Waals surface area contributed by atoms with E-state index in [1.807, 2.05) is 18.2 Å². The van der Waals surface area contributed by atoms with Crippen LogP contribution in [0.15, 0.2) is 182 Å². The summed E-state index contributed by atoms with van der Waals surface area (Å²) in [6.45, 7) is 0. The van der Waals surface area contributed by atoms with E-state index >= 15 is 0 Å². The summed E-state index contributed by atoms with van der Waals surface area (Å²) in [7, 11) is 8.91. The molecule has 0 saturated carbocycles. The van der Waals surface area contributed by atoms with Gasteiger partial charge >= 0.3 is 0 Å². The first kappa shape index (κ1) is 36.6. The van der Waals surface area contributed by atoms with Gasteiger partial charge in [-0.25, -0.2) is 15.0 Å². The Bertz CT molecular complexity index is 3520. The second-order valence-electron chi connectivity index (χ2n) is 16.1. The smallest absolute Gasteiger partial charge is 0.164 e. The molecule has 4 nitrogen and oxygen atoms in total. The van der Waals surface area contributed by atoms with Crippen LogP contribution < -0.4 is 21.9 Å². The molecular weight excluding hydrogens is 736 g/mol. The number of fused-ring (bicyclic) bond motifs is 5. The number of aromatic nitrogens is 4. The van der Waals surface area contributed by atoms with Gasteiger partial charge in [-0.15, -0.1) is 5.46 Å². The Labute approximate surface area is 358 Å². The number of hydrogen-bond donors (Lipinski definition) is 0. The van der Waals surface area contributed by atoms with Crippen molar-refractivity contribution in [1.29, 1.82) is 0 Å². The molecule has 2 aromatic heterocycles. The third kappa shape index (κ3) is 6.17. The van der Waals surface area contributed by atoms with Gasteiger partial charge in [0.25, 0.3) is 0 Å². The third-order valence-electron chi connectivity index (χ3n) is 12.7. The minimum atomic E-state index is 0.641. The first-order valence-corrected chi connectivity index (χ1v) is 20.9. The van der Waals surface area contributed by atoms with Crippen molar-refractivity contribution < 1.29 is 0 Å². The maximum Gasteiger partial charge on any atom is 0.164 e. The monoisotopic (exact) mass is 774 g/mol. The molecule has 0 amide bonds. The van der Waals surface area contributed by atoms with Crippen LogP contribution in [0.5, 0.6) is 0 Å². The van der Waals surface area contributed by atoms with Crippen molar-refractivity contribution in [3.8, 4) is 62.1 Å². The van der Waals surface area contributed by atoms with Gasteiger partial charge in [-0.3, -0.25) is 0 Å². The molecule has 0 spiro atoms. The van der Waals surface area contributed by atoms with Crippen LogP contribution in [0.2, 0.25) is 0 Å². The highest BCUT2D eigenvalue weighted by atomic mass is 15.0. The Kier molecular flexibility index (Phi) is 8.82. The van der Waals surface area contributed by atoms with Crippen LogP contribution >= 0.6 is 0 Å². The molecule has 0 bridgehead atoms. The lowest BCUT2D eigenvalue weighted by molar-refractivity contribution is 1.08. The zero-order chi connectivity index (χ0) is 41.2. The summed E-state index contributed by atoms with van der Waals surface area (Å²) in [5.41, 5.74) is 16.0.